The summed E-state index contributed by atoms with van der Waals surface area (Å²) < 4.78 is 1.80. The van der Waals surface area contributed by atoms with Crippen LogP contribution in [0.2, 0.25) is 0 Å². The number of piperidine rings is 1. The number of nitrogen functional groups attached to an aromatic ring is 1. The van der Waals surface area contributed by atoms with Crippen LogP contribution in [0.5, 0.6) is 5.75 Å². The third-order valence-electron chi connectivity index (χ3n) is 4.73. The van der Waals surface area contributed by atoms with Crippen LogP contribution in [0, 0.1) is 17.8 Å². The lowest BCUT2D eigenvalue weighted by atomic mass is 9.95. The molecule has 4 rings (SSSR count). The van der Waals surface area contributed by atoms with Gasteiger partial charge in [0, 0.05) is 24.4 Å². The summed E-state index contributed by atoms with van der Waals surface area (Å²) in [5.74, 6) is 8.12. The standard InChI is InChI=1S/C20H21N5O/c21-19-15(5-3-4-14-8-10-22-11-9-14)12-25-13-17(23-20(25)24-19)16-6-1-2-7-18(16)26/h1-2,6-7,12-14,22,26H,4,8-11H2,(H2,21,23,24). The van der Waals surface area contributed by atoms with Crippen molar-refractivity contribution in [1.29, 1.82) is 0 Å². The normalized spacial score (nSPS) is 14.9. The zero-order valence-corrected chi connectivity index (χ0v) is 14.4. The van der Waals surface area contributed by atoms with Gasteiger partial charge in [-0.05, 0) is 44.0 Å². The van der Waals surface area contributed by atoms with Crippen molar-refractivity contribution in [3.05, 3.63) is 42.2 Å². The number of hydrogen-bond acceptors (Lipinski definition) is 5. The molecule has 1 aliphatic rings. The van der Waals surface area contributed by atoms with Crippen molar-refractivity contribution in [3.63, 3.8) is 0 Å². The third kappa shape index (κ3) is 3.35. The Kier molecular flexibility index (Phi) is 4.46. The number of hydrogen-bond donors (Lipinski definition) is 3. The molecule has 3 heterocycles. The molecule has 3 aromatic rings. The fourth-order valence-corrected chi connectivity index (χ4v) is 3.23. The number of para-hydroxylation sites is 1. The summed E-state index contributed by atoms with van der Waals surface area (Å²) in [7, 11) is 0. The van der Waals surface area contributed by atoms with Gasteiger partial charge in [0.25, 0.3) is 0 Å². The van der Waals surface area contributed by atoms with Gasteiger partial charge in [-0.25, -0.2) is 4.98 Å². The molecule has 6 nitrogen and oxygen atoms in total. The van der Waals surface area contributed by atoms with E-state index in [1.807, 2.05) is 24.5 Å². The van der Waals surface area contributed by atoms with Crippen molar-refractivity contribution < 1.29 is 5.11 Å². The summed E-state index contributed by atoms with van der Waals surface area (Å²) in [4.78, 5) is 8.81. The lowest BCUT2D eigenvalue weighted by Crippen LogP contribution is -2.27. The Morgan fingerprint density at radius 3 is 2.81 bits per heavy atom. The maximum atomic E-state index is 10.0. The smallest absolute Gasteiger partial charge is 0.236 e. The van der Waals surface area contributed by atoms with E-state index >= 15 is 0 Å². The first-order valence-corrected chi connectivity index (χ1v) is 8.84. The molecule has 4 N–H and O–H groups in total. The number of benzene rings is 1. The molecule has 2 aromatic heterocycles. The highest BCUT2D eigenvalue weighted by atomic mass is 16.3. The van der Waals surface area contributed by atoms with E-state index in [0.717, 1.165) is 19.5 Å². The Bertz CT molecular complexity index is 992. The van der Waals surface area contributed by atoms with E-state index in [2.05, 4.69) is 27.1 Å². The van der Waals surface area contributed by atoms with Gasteiger partial charge in [-0.15, -0.1) is 0 Å². The number of fused-ring (bicyclic) bond motifs is 1. The lowest BCUT2D eigenvalue weighted by molar-refractivity contribution is 0.381. The van der Waals surface area contributed by atoms with E-state index in [0.29, 0.717) is 34.3 Å². The van der Waals surface area contributed by atoms with Gasteiger partial charge in [0.15, 0.2) is 0 Å². The van der Waals surface area contributed by atoms with Crippen LogP contribution in [0.4, 0.5) is 5.82 Å². The van der Waals surface area contributed by atoms with Crippen LogP contribution in [0.15, 0.2) is 36.7 Å². The molecule has 0 saturated carbocycles. The van der Waals surface area contributed by atoms with Gasteiger partial charge in [-0.1, -0.05) is 24.0 Å². The van der Waals surface area contributed by atoms with E-state index in [1.54, 1.807) is 16.5 Å². The quantitative estimate of drug-likeness (QED) is 0.620. The van der Waals surface area contributed by atoms with E-state index in [1.165, 1.54) is 12.8 Å². The van der Waals surface area contributed by atoms with Crippen molar-refractivity contribution in [1.82, 2.24) is 19.7 Å². The minimum absolute atomic E-state index is 0.186. The highest BCUT2D eigenvalue weighted by Gasteiger charge is 2.12. The number of imidazole rings is 1. The summed E-state index contributed by atoms with van der Waals surface area (Å²) in [5.41, 5.74) is 8.07. The predicted molar refractivity (Wildman–Crippen MR) is 102 cm³/mol. The number of nitrogens with one attached hydrogen (secondary N) is 1. The van der Waals surface area contributed by atoms with Crippen LogP contribution in [-0.2, 0) is 0 Å². The Morgan fingerprint density at radius 1 is 1.19 bits per heavy atom. The van der Waals surface area contributed by atoms with Gasteiger partial charge in [0.1, 0.15) is 11.6 Å². The fourth-order valence-electron chi connectivity index (χ4n) is 3.23. The van der Waals surface area contributed by atoms with Crippen LogP contribution in [0.25, 0.3) is 17.0 Å². The molecule has 1 aromatic carbocycles. The second-order valence-electron chi connectivity index (χ2n) is 6.59. The highest BCUT2D eigenvalue weighted by Crippen LogP contribution is 2.28. The monoisotopic (exact) mass is 347 g/mol. The minimum Gasteiger partial charge on any atom is -0.507 e. The van der Waals surface area contributed by atoms with Crippen molar-refractivity contribution in [2.75, 3.05) is 18.8 Å². The molecule has 0 unspecified atom stereocenters. The first-order chi connectivity index (χ1) is 12.7. The van der Waals surface area contributed by atoms with Gasteiger partial charge in [-0.3, -0.25) is 4.40 Å². The largest absolute Gasteiger partial charge is 0.507 e. The Labute approximate surface area is 152 Å². The maximum absolute atomic E-state index is 10.0. The van der Waals surface area contributed by atoms with Crippen LogP contribution in [0.3, 0.4) is 0 Å². The van der Waals surface area contributed by atoms with E-state index in [-0.39, 0.29) is 5.75 Å². The second kappa shape index (κ2) is 7.06. The zero-order valence-electron chi connectivity index (χ0n) is 14.4. The fraction of sp³-hybridized carbons (Fsp3) is 0.300. The molecule has 1 aliphatic heterocycles. The molecule has 132 valence electrons. The average molecular weight is 347 g/mol. The SMILES string of the molecule is Nc1nc2nc(-c3ccccc3O)cn2cc1C#CCC1CCNCC1. The van der Waals surface area contributed by atoms with E-state index < -0.39 is 0 Å². The van der Waals surface area contributed by atoms with Gasteiger partial charge in [0.05, 0.1) is 11.3 Å². The van der Waals surface area contributed by atoms with Gasteiger partial charge in [-0.2, -0.15) is 4.98 Å². The lowest BCUT2D eigenvalue weighted by Gasteiger charge is -2.20. The molecule has 0 aliphatic carbocycles. The number of aromatic hydroxyl groups is 1. The number of nitrogens with zero attached hydrogens (tertiary/aromatic N) is 3. The average Bonchev–Trinajstić information content (AvgIpc) is 3.05. The summed E-state index contributed by atoms with van der Waals surface area (Å²) in [5, 5.41) is 13.4. The number of aromatic nitrogens is 3. The third-order valence-corrected chi connectivity index (χ3v) is 4.73. The van der Waals surface area contributed by atoms with Gasteiger partial charge >= 0.3 is 0 Å². The van der Waals surface area contributed by atoms with E-state index in [4.69, 9.17) is 5.73 Å². The Balaban J connectivity index is 1.61. The van der Waals surface area contributed by atoms with Crippen molar-refractivity contribution in [2.24, 2.45) is 5.92 Å². The second-order valence-corrected chi connectivity index (χ2v) is 6.59. The summed E-state index contributed by atoms with van der Waals surface area (Å²) >= 11 is 0. The van der Waals surface area contributed by atoms with E-state index in [9.17, 15) is 5.11 Å². The molecule has 26 heavy (non-hydrogen) atoms. The van der Waals surface area contributed by atoms with Crippen LogP contribution in [-0.4, -0.2) is 32.6 Å². The molecule has 1 saturated heterocycles. The van der Waals surface area contributed by atoms with Crippen LogP contribution in [0.1, 0.15) is 24.8 Å². The topological polar surface area (TPSA) is 88.5 Å². The first-order valence-electron chi connectivity index (χ1n) is 8.84. The minimum atomic E-state index is 0.186. The summed E-state index contributed by atoms with van der Waals surface area (Å²) in [6, 6.07) is 7.10. The van der Waals surface area contributed by atoms with Gasteiger partial charge in [0.2, 0.25) is 5.78 Å². The molecule has 0 radical (unpaired) electrons. The van der Waals surface area contributed by atoms with Crippen molar-refractivity contribution >= 4 is 11.6 Å². The Morgan fingerprint density at radius 2 is 2.00 bits per heavy atom. The Hall–Kier alpha value is -3.04. The van der Waals surface area contributed by atoms with Crippen LogP contribution < -0.4 is 11.1 Å². The molecular formula is C20H21N5O. The molecule has 1 fully saturated rings. The van der Waals surface area contributed by atoms with Crippen molar-refractivity contribution in [3.8, 4) is 28.8 Å². The van der Waals surface area contributed by atoms with Gasteiger partial charge < -0.3 is 16.2 Å². The predicted octanol–water partition coefficient (Wildman–Crippen LogP) is 2.43. The number of anilines is 1. The molecular weight excluding hydrogens is 326 g/mol. The zero-order chi connectivity index (χ0) is 17.9. The highest BCUT2D eigenvalue weighted by molar-refractivity contribution is 5.68. The molecule has 0 spiro atoms. The molecule has 0 amide bonds. The summed E-state index contributed by atoms with van der Waals surface area (Å²) in [6.07, 6.45) is 6.91. The first kappa shape index (κ1) is 16.4. The number of phenols is 1. The molecule has 0 bridgehead atoms. The number of phenolic OH excluding ortho intramolecular Hbond substituents is 1. The number of nitrogens with two attached hydrogens (primary N) is 1. The number of rotatable bonds is 2. The summed E-state index contributed by atoms with van der Waals surface area (Å²) in [6.45, 7) is 2.15. The molecule has 6 heteroatoms. The molecule has 0 atom stereocenters. The van der Waals surface area contributed by atoms with Crippen LogP contribution >= 0.6 is 0 Å². The van der Waals surface area contributed by atoms with Crippen molar-refractivity contribution in [2.45, 2.75) is 19.3 Å². The maximum Gasteiger partial charge on any atom is 0.236 e.